The number of halogens is 1. The molecule has 1 amide bonds. The molecule has 3 aromatic carbocycles. The number of rotatable bonds is 6. The van der Waals surface area contributed by atoms with Crippen LogP contribution in [0.2, 0.25) is 5.02 Å². The third-order valence-corrected chi connectivity index (χ3v) is 5.13. The number of amides is 1. The van der Waals surface area contributed by atoms with Gasteiger partial charge in [-0.15, -0.1) is 0 Å². The highest BCUT2D eigenvalue weighted by molar-refractivity contribution is 6.33. The Morgan fingerprint density at radius 3 is 2.39 bits per heavy atom. The Bertz CT molecular complexity index is 1160. The minimum atomic E-state index is -0.191. The second-order valence-corrected chi connectivity index (χ2v) is 7.41. The van der Waals surface area contributed by atoms with E-state index in [0.29, 0.717) is 34.4 Å². The average molecular weight is 433 g/mol. The summed E-state index contributed by atoms with van der Waals surface area (Å²) in [6, 6.07) is 22.7. The smallest absolute Gasteiger partial charge is 0.280 e. The van der Waals surface area contributed by atoms with E-state index >= 15 is 0 Å². The minimum absolute atomic E-state index is 0.191. The molecule has 0 bridgehead atoms. The molecule has 4 rings (SSSR count). The molecule has 0 aliphatic carbocycles. The quantitative estimate of drug-likeness (QED) is 0.467. The maximum Gasteiger partial charge on any atom is 0.280 e. The molecule has 1 aliphatic rings. The van der Waals surface area contributed by atoms with Gasteiger partial charge in [0.15, 0.2) is 11.5 Å². The van der Waals surface area contributed by atoms with E-state index in [4.69, 9.17) is 21.1 Å². The Morgan fingerprint density at radius 2 is 1.71 bits per heavy atom. The van der Waals surface area contributed by atoms with Crippen LogP contribution in [0.4, 0.5) is 5.69 Å². The summed E-state index contributed by atoms with van der Waals surface area (Å²) in [5, 5.41) is 6.21. The van der Waals surface area contributed by atoms with Crippen LogP contribution >= 0.6 is 11.6 Å². The van der Waals surface area contributed by atoms with Gasteiger partial charge >= 0.3 is 0 Å². The molecule has 0 radical (unpaired) electrons. The molecule has 0 N–H and O–H groups in total. The Labute approximate surface area is 186 Å². The zero-order chi connectivity index (χ0) is 21.8. The molecule has 3 aromatic rings. The molecule has 0 spiro atoms. The van der Waals surface area contributed by atoms with Gasteiger partial charge in [-0.25, -0.2) is 0 Å². The van der Waals surface area contributed by atoms with Crippen LogP contribution in [-0.2, 0) is 11.4 Å². The molecular formula is C25H21ClN2O3. The Kier molecular flexibility index (Phi) is 6.05. The van der Waals surface area contributed by atoms with E-state index in [1.165, 1.54) is 5.01 Å². The van der Waals surface area contributed by atoms with Crippen LogP contribution < -0.4 is 14.5 Å². The number of anilines is 1. The first-order valence-electron chi connectivity index (χ1n) is 9.78. The zero-order valence-electron chi connectivity index (χ0n) is 17.2. The number of carbonyl (C=O) groups is 1. The van der Waals surface area contributed by atoms with E-state index in [0.717, 1.165) is 16.8 Å². The predicted molar refractivity (Wildman–Crippen MR) is 124 cm³/mol. The van der Waals surface area contributed by atoms with Crippen molar-refractivity contribution < 1.29 is 14.3 Å². The van der Waals surface area contributed by atoms with E-state index in [1.54, 1.807) is 25.3 Å². The molecule has 0 saturated heterocycles. The maximum absolute atomic E-state index is 12.9. The number of methoxy groups -OCH3 is 1. The second kappa shape index (κ2) is 9.06. The van der Waals surface area contributed by atoms with Gasteiger partial charge in [0.25, 0.3) is 5.91 Å². The molecule has 0 aromatic heterocycles. The summed E-state index contributed by atoms with van der Waals surface area (Å²) >= 11 is 6.50. The van der Waals surface area contributed by atoms with Gasteiger partial charge in [-0.05, 0) is 48.4 Å². The first kappa shape index (κ1) is 20.7. The van der Waals surface area contributed by atoms with Crippen molar-refractivity contribution in [2.45, 2.75) is 13.5 Å². The lowest BCUT2D eigenvalue weighted by Crippen LogP contribution is -2.21. The molecule has 156 valence electrons. The van der Waals surface area contributed by atoms with Crippen molar-refractivity contribution in [3.05, 3.63) is 94.5 Å². The van der Waals surface area contributed by atoms with Crippen molar-refractivity contribution in [1.82, 2.24) is 0 Å². The first-order chi connectivity index (χ1) is 15.1. The molecule has 5 nitrogen and oxygen atoms in total. The molecule has 0 saturated carbocycles. The Hall–Kier alpha value is -3.57. The van der Waals surface area contributed by atoms with Crippen molar-refractivity contribution in [2.75, 3.05) is 12.1 Å². The molecule has 1 aliphatic heterocycles. The SMILES string of the molecule is COc1cc(/C=C2\C(=O)N(c3ccccc3)N=C2C)cc(Cl)c1OCc1ccccc1. The standard InChI is InChI=1S/C25H21ClN2O3/c1-17-21(25(29)28(27-17)20-11-7-4-8-12-20)13-19-14-22(26)24(23(15-19)30-2)31-16-18-9-5-3-6-10-18/h3-15H,16H2,1-2H3/b21-13-. The third kappa shape index (κ3) is 4.47. The topological polar surface area (TPSA) is 51.1 Å². The summed E-state index contributed by atoms with van der Waals surface area (Å²) in [4.78, 5) is 12.9. The summed E-state index contributed by atoms with van der Waals surface area (Å²) in [6.45, 7) is 2.18. The van der Waals surface area contributed by atoms with Crippen molar-refractivity contribution in [3.63, 3.8) is 0 Å². The summed E-state index contributed by atoms with van der Waals surface area (Å²) in [7, 11) is 1.56. The minimum Gasteiger partial charge on any atom is -0.493 e. The van der Waals surface area contributed by atoms with Crippen LogP contribution in [0.25, 0.3) is 6.08 Å². The molecule has 6 heteroatoms. The summed E-state index contributed by atoms with van der Waals surface area (Å²) < 4.78 is 11.4. The van der Waals surface area contributed by atoms with Gasteiger partial charge in [0.2, 0.25) is 0 Å². The van der Waals surface area contributed by atoms with Gasteiger partial charge in [-0.3, -0.25) is 4.79 Å². The lowest BCUT2D eigenvalue weighted by atomic mass is 10.1. The number of ether oxygens (including phenoxy) is 2. The molecule has 0 atom stereocenters. The number of benzene rings is 3. The van der Waals surface area contributed by atoms with Crippen molar-refractivity contribution in [1.29, 1.82) is 0 Å². The summed E-state index contributed by atoms with van der Waals surface area (Å²) in [6.07, 6.45) is 1.76. The number of hydrogen-bond acceptors (Lipinski definition) is 4. The monoisotopic (exact) mass is 432 g/mol. The molecule has 1 heterocycles. The van der Waals surface area contributed by atoms with Crippen molar-refractivity contribution in [3.8, 4) is 11.5 Å². The second-order valence-electron chi connectivity index (χ2n) is 7.00. The molecule has 31 heavy (non-hydrogen) atoms. The van der Waals surface area contributed by atoms with Crippen LogP contribution in [0.3, 0.4) is 0 Å². The van der Waals surface area contributed by atoms with Crippen molar-refractivity contribution >= 4 is 35.0 Å². The average Bonchev–Trinajstić information content (AvgIpc) is 3.07. The molecular weight excluding hydrogens is 412 g/mol. The van der Waals surface area contributed by atoms with Gasteiger partial charge in [-0.2, -0.15) is 10.1 Å². The largest absolute Gasteiger partial charge is 0.493 e. The van der Waals surface area contributed by atoms with E-state index < -0.39 is 0 Å². The van der Waals surface area contributed by atoms with Crippen LogP contribution in [0.5, 0.6) is 11.5 Å². The first-order valence-corrected chi connectivity index (χ1v) is 10.2. The highest BCUT2D eigenvalue weighted by atomic mass is 35.5. The van der Waals surface area contributed by atoms with Gasteiger partial charge in [0, 0.05) is 0 Å². The van der Waals surface area contributed by atoms with Crippen LogP contribution in [0.1, 0.15) is 18.1 Å². The van der Waals surface area contributed by atoms with Gasteiger partial charge in [-0.1, -0.05) is 60.1 Å². The fourth-order valence-electron chi connectivity index (χ4n) is 3.29. The van der Waals surface area contributed by atoms with Crippen LogP contribution in [0.15, 0.2) is 83.5 Å². The van der Waals surface area contributed by atoms with Crippen LogP contribution in [-0.4, -0.2) is 18.7 Å². The lowest BCUT2D eigenvalue weighted by molar-refractivity contribution is -0.114. The summed E-state index contributed by atoms with van der Waals surface area (Å²) in [5.41, 5.74) is 3.60. The lowest BCUT2D eigenvalue weighted by Gasteiger charge is -2.14. The predicted octanol–water partition coefficient (Wildman–Crippen LogP) is 5.73. The highest BCUT2D eigenvalue weighted by Gasteiger charge is 2.28. The Morgan fingerprint density at radius 1 is 1.03 bits per heavy atom. The number of hydrazone groups is 1. The zero-order valence-corrected chi connectivity index (χ0v) is 18.0. The normalized spacial score (nSPS) is 14.7. The number of carbonyl (C=O) groups excluding carboxylic acids is 1. The number of nitrogens with zero attached hydrogens (tertiary/aromatic N) is 2. The van der Waals surface area contributed by atoms with E-state index in [9.17, 15) is 4.79 Å². The molecule has 0 fully saturated rings. The Balaban J connectivity index is 1.60. The highest BCUT2D eigenvalue weighted by Crippen LogP contribution is 2.38. The number of hydrogen-bond donors (Lipinski definition) is 0. The van der Waals surface area contributed by atoms with E-state index in [2.05, 4.69) is 5.10 Å². The number of para-hydroxylation sites is 1. The van der Waals surface area contributed by atoms with Gasteiger partial charge in [0.1, 0.15) is 6.61 Å². The maximum atomic E-state index is 12.9. The molecule has 0 unspecified atom stereocenters. The fourth-order valence-corrected chi connectivity index (χ4v) is 3.56. The van der Waals surface area contributed by atoms with E-state index in [-0.39, 0.29) is 5.91 Å². The van der Waals surface area contributed by atoms with Crippen LogP contribution in [0, 0.1) is 0 Å². The third-order valence-electron chi connectivity index (χ3n) is 4.85. The summed E-state index contributed by atoms with van der Waals surface area (Å²) in [5.74, 6) is 0.766. The van der Waals surface area contributed by atoms with E-state index in [1.807, 2.05) is 67.6 Å². The van der Waals surface area contributed by atoms with Gasteiger partial charge in [0.05, 0.1) is 29.1 Å². The van der Waals surface area contributed by atoms with Crippen molar-refractivity contribution in [2.24, 2.45) is 5.10 Å². The van der Waals surface area contributed by atoms with Gasteiger partial charge < -0.3 is 9.47 Å². The fraction of sp³-hybridized carbons (Fsp3) is 0.120.